The molecule has 0 radical (unpaired) electrons. The fourth-order valence-corrected chi connectivity index (χ4v) is 2.14. The highest BCUT2D eigenvalue weighted by molar-refractivity contribution is 6.33. The van der Waals surface area contributed by atoms with Gasteiger partial charge in [0, 0.05) is 11.4 Å². The van der Waals surface area contributed by atoms with Crippen LogP contribution in [0.3, 0.4) is 0 Å². The second kappa shape index (κ2) is 6.37. The van der Waals surface area contributed by atoms with E-state index in [0.717, 1.165) is 11.4 Å². The van der Waals surface area contributed by atoms with Crippen molar-refractivity contribution in [2.24, 2.45) is 0 Å². The number of anilines is 3. The monoisotopic (exact) mass is 312 g/mol. The molecule has 5 heteroatoms. The summed E-state index contributed by atoms with van der Waals surface area (Å²) in [6, 6.07) is 18.1. The van der Waals surface area contributed by atoms with E-state index in [4.69, 9.17) is 16.0 Å². The third-order valence-corrected chi connectivity index (χ3v) is 3.37. The van der Waals surface area contributed by atoms with Gasteiger partial charge in [-0.2, -0.15) is 0 Å². The summed E-state index contributed by atoms with van der Waals surface area (Å²) in [5, 5.41) is 6.63. The Bertz CT molecular complexity index is 768. The molecule has 0 atom stereocenters. The molecule has 0 aliphatic rings. The van der Waals surface area contributed by atoms with Crippen LogP contribution in [0, 0.1) is 0 Å². The van der Waals surface area contributed by atoms with Gasteiger partial charge >= 0.3 is 0 Å². The standard InChI is InChI=1S/C17H13ClN2O2/c18-14-4-1-2-5-15(14)19-12-7-9-13(10-8-12)20-17(21)16-6-3-11-22-16/h1-11,19H,(H,20,21). The van der Waals surface area contributed by atoms with Crippen LogP contribution < -0.4 is 10.6 Å². The van der Waals surface area contributed by atoms with Crippen molar-refractivity contribution in [1.29, 1.82) is 0 Å². The van der Waals surface area contributed by atoms with Crippen LogP contribution in [0.2, 0.25) is 5.02 Å². The van der Waals surface area contributed by atoms with Gasteiger partial charge in [0.05, 0.1) is 17.0 Å². The number of para-hydroxylation sites is 1. The fourth-order valence-electron chi connectivity index (χ4n) is 1.96. The van der Waals surface area contributed by atoms with Crippen molar-refractivity contribution in [3.63, 3.8) is 0 Å². The Morgan fingerprint density at radius 1 is 0.909 bits per heavy atom. The zero-order valence-corrected chi connectivity index (χ0v) is 12.3. The summed E-state index contributed by atoms with van der Waals surface area (Å²) < 4.78 is 5.04. The van der Waals surface area contributed by atoms with Crippen molar-refractivity contribution in [1.82, 2.24) is 0 Å². The van der Waals surface area contributed by atoms with Crippen LogP contribution in [0.4, 0.5) is 17.1 Å². The SMILES string of the molecule is O=C(Nc1ccc(Nc2ccccc2Cl)cc1)c1ccco1. The zero-order chi connectivity index (χ0) is 15.4. The molecule has 3 rings (SSSR count). The van der Waals surface area contributed by atoms with Gasteiger partial charge in [0.2, 0.25) is 0 Å². The van der Waals surface area contributed by atoms with E-state index in [9.17, 15) is 4.79 Å². The van der Waals surface area contributed by atoms with E-state index in [1.165, 1.54) is 6.26 Å². The molecule has 22 heavy (non-hydrogen) atoms. The second-order valence-corrected chi connectivity index (χ2v) is 5.02. The first kappa shape index (κ1) is 14.2. The van der Waals surface area contributed by atoms with Crippen LogP contribution in [0.5, 0.6) is 0 Å². The topological polar surface area (TPSA) is 54.3 Å². The molecule has 2 N–H and O–H groups in total. The number of halogens is 1. The molecular weight excluding hydrogens is 300 g/mol. The molecule has 0 saturated heterocycles. The third kappa shape index (κ3) is 3.30. The maximum absolute atomic E-state index is 11.9. The largest absolute Gasteiger partial charge is 0.459 e. The van der Waals surface area contributed by atoms with Gasteiger partial charge in [-0.05, 0) is 48.5 Å². The van der Waals surface area contributed by atoms with Gasteiger partial charge in [-0.1, -0.05) is 23.7 Å². The lowest BCUT2D eigenvalue weighted by Gasteiger charge is -2.09. The predicted octanol–water partition coefficient (Wildman–Crippen LogP) is 4.93. The number of carbonyl (C=O) groups is 1. The maximum Gasteiger partial charge on any atom is 0.291 e. The van der Waals surface area contributed by atoms with E-state index in [1.807, 2.05) is 36.4 Å². The Labute approximate surface area is 132 Å². The van der Waals surface area contributed by atoms with E-state index in [-0.39, 0.29) is 11.7 Å². The van der Waals surface area contributed by atoms with Crippen LogP contribution >= 0.6 is 11.6 Å². The summed E-state index contributed by atoms with van der Waals surface area (Å²) in [6.07, 6.45) is 1.46. The lowest BCUT2D eigenvalue weighted by molar-refractivity contribution is 0.0996. The number of hydrogen-bond donors (Lipinski definition) is 2. The molecule has 110 valence electrons. The van der Waals surface area contributed by atoms with E-state index < -0.39 is 0 Å². The van der Waals surface area contributed by atoms with Gasteiger partial charge in [-0.25, -0.2) is 0 Å². The highest BCUT2D eigenvalue weighted by Crippen LogP contribution is 2.25. The lowest BCUT2D eigenvalue weighted by Crippen LogP contribution is -2.10. The van der Waals surface area contributed by atoms with E-state index in [2.05, 4.69) is 10.6 Å². The van der Waals surface area contributed by atoms with Crippen LogP contribution in [-0.4, -0.2) is 5.91 Å². The summed E-state index contributed by atoms with van der Waals surface area (Å²) in [5.74, 6) is -0.00455. The summed E-state index contributed by atoms with van der Waals surface area (Å²) >= 11 is 6.10. The van der Waals surface area contributed by atoms with E-state index >= 15 is 0 Å². The zero-order valence-electron chi connectivity index (χ0n) is 11.5. The van der Waals surface area contributed by atoms with Gasteiger partial charge in [0.25, 0.3) is 5.91 Å². The average molecular weight is 313 g/mol. The number of carbonyl (C=O) groups excluding carboxylic acids is 1. The molecule has 0 bridgehead atoms. The maximum atomic E-state index is 11.9. The van der Waals surface area contributed by atoms with Gasteiger partial charge in [0.15, 0.2) is 5.76 Å². The normalized spacial score (nSPS) is 10.2. The van der Waals surface area contributed by atoms with Crippen molar-refractivity contribution in [2.75, 3.05) is 10.6 Å². The minimum absolute atomic E-state index is 0.276. The summed E-state index contributed by atoms with van der Waals surface area (Å²) in [5.41, 5.74) is 2.40. The molecule has 2 aromatic carbocycles. The first-order valence-electron chi connectivity index (χ1n) is 6.69. The van der Waals surface area contributed by atoms with Crippen LogP contribution in [-0.2, 0) is 0 Å². The Balaban J connectivity index is 1.68. The van der Waals surface area contributed by atoms with Gasteiger partial charge in [0.1, 0.15) is 0 Å². The summed E-state index contributed by atoms with van der Waals surface area (Å²) in [7, 11) is 0. The minimum Gasteiger partial charge on any atom is -0.459 e. The lowest BCUT2D eigenvalue weighted by atomic mass is 10.2. The quantitative estimate of drug-likeness (QED) is 0.718. The molecule has 0 aliphatic heterocycles. The number of nitrogens with one attached hydrogen (secondary N) is 2. The van der Waals surface area contributed by atoms with Gasteiger partial charge in [-0.3, -0.25) is 4.79 Å². The number of rotatable bonds is 4. The minimum atomic E-state index is -0.281. The predicted molar refractivity (Wildman–Crippen MR) is 87.8 cm³/mol. The fraction of sp³-hybridized carbons (Fsp3) is 0. The number of amides is 1. The third-order valence-electron chi connectivity index (χ3n) is 3.04. The van der Waals surface area contributed by atoms with E-state index in [1.54, 1.807) is 24.3 Å². The Hall–Kier alpha value is -2.72. The van der Waals surface area contributed by atoms with Crippen molar-refractivity contribution >= 4 is 34.6 Å². The molecule has 1 heterocycles. The Morgan fingerprint density at radius 2 is 1.64 bits per heavy atom. The van der Waals surface area contributed by atoms with Crippen molar-refractivity contribution in [3.8, 4) is 0 Å². The molecule has 0 spiro atoms. The van der Waals surface area contributed by atoms with Gasteiger partial charge < -0.3 is 15.1 Å². The second-order valence-electron chi connectivity index (χ2n) is 4.61. The van der Waals surface area contributed by atoms with Crippen LogP contribution in [0.25, 0.3) is 0 Å². The number of furan rings is 1. The molecule has 3 aromatic rings. The van der Waals surface area contributed by atoms with Crippen molar-refractivity contribution < 1.29 is 9.21 Å². The molecule has 1 aromatic heterocycles. The highest BCUT2D eigenvalue weighted by Gasteiger charge is 2.08. The van der Waals surface area contributed by atoms with Crippen molar-refractivity contribution in [3.05, 3.63) is 77.7 Å². The first-order valence-corrected chi connectivity index (χ1v) is 7.06. The Kier molecular flexibility index (Phi) is 4.12. The molecule has 0 fully saturated rings. The van der Waals surface area contributed by atoms with Gasteiger partial charge in [-0.15, -0.1) is 0 Å². The molecule has 1 amide bonds. The molecule has 0 unspecified atom stereocenters. The number of hydrogen-bond acceptors (Lipinski definition) is 3. The highest BCUT2D eigenvalue weighted by atomic mass is 35.5. The van der Waals surface area contributed by atoms with Crippen LogP contribution in [0.15, 0.2) is 71.3 Å². The Morgan fingerprint density at radius 3 is 2.32 bits per heavy atom. The van der Waals surface area contributed by atoms with E-state index in [0.29, 0.717) is 10.7 Å². The average Bonchev–Trinajstić information content (AvgIpc) is 3.06. The van der Waals surface area contributed by atoms with Crippen molar-refractivity contribution in [2.45, 2.75) is 0 Å². The smallest absolute Gasteiger partial charge is 0.291 e. The molecular formula is C17H13ClN2O2. The molecule has 4 nitrogen and oxygen atoms in total. The summed E-state index contributed by atoms with van der Waals surface area (Å²) in [4.78, 5) is 11.9. The van der Waals surface area contributed by atoms with Crippen LogP contribution in [0.1, 0.15) is 10.6 Å². The number of benzene rings is 2. The summed E-state index contributed by atoms with van der Waals surface area (Å²) in [6.45, 7) is 0. The molecule has 0 aliphatic carbocycles. The first-order chi connectivity index (χ1) is 10.7. The molecule has 0 saturated carbocycles.